The minimum atomic E-state index is -0.0439. The lowest BCUT2D eigenvalue weighted by Gasteiger charge is -2.18. The number of nitrogens with two attached hydrogens (primary N) is 1. The molecule has 2 nitrogen and oxygen atoms in total. The zero-order valence-electron chi connectivity index (χ0n) is 11.0. The lowest BCUT2D eigenvalue weighted by Crippen LogP contribution is -2.08. The predicted octanol–water partition coefficient (Wildman–Crippen LogP) is 3.98. The lowest BCUT2D eigenvalue weighted by atomic mass is 10.1. The number of benzene rings is 2. The van der Waals surface area contributed by atoms with Gasteiger partial charge in [-0.3, -0.25) is 0 Å². The van der Waals surface area contributed by atoms with E-state index in [-0.39, 0.29) is 6.10 Å². The number of hydrogen-bond donors (Lipinski definition) is 1. The van der Waals surface area contributed by atoms with Crippen LogP contribution < -0.4 is 10.5 Å². The first-order valence-corrected chi connectivity index (χ1v) is 6.79. The fourth-order valence-corrected chi connectivity index (χ4v) is 2.25. The molecule has 1 atom stereocenters. The first-order valence-electron chi connectivity index (χ1n) is 6.41. The summed E-state index contributed by atoms with van der Waals surface area (Å²) in [5.41, 5.74) is 7.80. The largest absolute Gasteiger partial charge is 0.484 e. The highest BCUT2D eigenvalue weighted by Gasteiger charge is 2.13. The van der Waals surface area contributed by atoms with Crippen molar-refractivity contribution >= 4 is 11.6 Å². The molecule has 0 saturated carbocycles. The Balaban J connectivity index is 2.23. The van der Waals surface area contributed by atoms with Gasteiger partial charge in [-0.25, -0.2) is 0 Å². The van der Waals surface area contributed by atoms with Gasteiger partial charge in [0.1, 0.15) is 11.9 Å². The van der Waals surface area contributed by atoms with E-state index in [0.717, 1.165) is 23.3 Å². The molecule has 0 saturated heterocycles. The van der Waals surface area contributed by atoms with Gasteiger partial charge in [0.25, 0.3) is 0 Å². The molecule has 0 spiro atoms. The van der Waals surface area contributed by atoms with Crippen molar-refractivity contribution in [1.29, 1.82) is 0 Å². The van der Waals surface area contributed by atoms with Crippen LogP contribution in [-0.2, 0) is 6.42 Å². The van der Waals surface area contributed by atoms with E-state index in [0.29, 0.717) is 11.6 Å². The van der Waals surface area contributed by atoms with Crippen LogP contribution in [0.25, 0.3) is 0 Å². The van der Waals surface area contributed by atoms with Gasteiger partial charge >= 0.3 is 0 Å². The van der Waals surface area contributed by atoms with E-state index in [1.54, 1.807) is 0 Å². The number of ether oxygens (including phenoxy) is 1. The molecular weight excluding hydrogens is 258 g/mol. The topological polar surface area (TPSA) is 35.2 Å². The Morgan fingerprint density at radius 2 is 1.84 bits per heavy atom. The Kier molecular flexibility index (Phi) is 4.83. The highest BCUT2D eigenvalue weighted by Crippen LogP contribution is 2.32. The van der Waals surface area contributed by atoms with Gasteiger partial charge in [-0.2, -0.15) is 0 Å². The van der Waals surface area contributed by atoms with Crippen LogP contribution in [0.5, 0.6) is 5.75 Å². The van der Waals surface area contributed by atoms with Gasteiger partial charge in [0.2, 0.25) is 0 Å². The van der Waals surface area contributed by atoms with Crippen molar-refractivity contribution in [3.63, 3.8) is 0 Å². The lowest BCUT2D eigenvalue weighted by molar-refractivity contribution is 0.225. The van der Waals surface area contributed by atoms with E-state index < -0.39 is 0 Å². The third kappa shape index (κ3) is 3.49. The van der Waals surface area contributed by atoms with Gasteiger partial charge < -0.3 is 10.5 Å². The Bertz CT molecular complexity index is 528. The summed E-state index contributed by atoms with van der Waals surface area (Å²) in [5.74, 6) is 0.742. The van der Waals surface area contributed by atoms with E-state index in [2.05, 4.69) is 0 Å². The molecule has 2 aromatic rings. The molecule has 0 aromatic heterocycles. The molecule has 19 heavy (non-hydrogen) atoms. The third-order valence-corrected chi connectivity index (χ3v) is 3.32. The molecule has 0 aliphatic heterocycles. The molecule has 2 rings (SSSR count). The highest BCUT2D eigenvalue weighted by atomic mass is 35.5. The van der Waals surface area contributed by atoms with Crippen LogP contribution in [0.4, 0.5) is 0 Å². The zero-order chi connectivity index (χ0) is 13.7. The van der Waals surface area contributed by atoms with E-state index in [4.69, 9.17) is 22.1 Å². The number of halogens is 1. The summed E-state index contributed by atoms with van der Waals surface area (Å²) in [6.45, 7) is 2.60. The van der Waals surface area contributed by atoms with Crippen molar-refractivity contribution in [1.82, 2.24) is 0 Å². The van der Waals surface area contributed by atoms with Crippen LogP contribution in [-0.4, -0.2) is 6.54 Å². The summed E-state index contributed by atoms with van der Waals surface area (Å²) in [6.07, 6.45) is 0.717. The van der Waals surface area contributed by atoms with Gasteiger partial charge in [-0.15, -0.1) is 0 Å². The summed E-state index contributed by atoms with van der Waals surface area (Å²) in [4.78, 5) is 0. The Hall–Kier alpha value is -1.51. The molecule has 0 aliphatic rings. The predicted molar refractivity (Wildman–Crippen MR) is 79.7 cm³/mol. The van der Waals surface area contributed by atoms with Crippen LogP contribution in [0.2, 0.25) is 5.02 Å². The Morgan fingerprint density at radius 1 is 1.11 bits per heavy atom. The van der Waals surface area contributed by atoms with Crippen molar-refractivity contribution in [3.8, 4) is 5.75 Å². The average molecular weight is 276 g/mol. The quantitative estimate of drug-likeness (QED) is 0.896. The van der Waals surface area contributed by atoms with Crippen molar-refractivity contribution in [3.05, 3.63) is 64.7 Å². The molecule has 2 aromatic carbocycles. The fourth-order valence-electron chi connectivity index (χ4n) is 2.01. The van der Waals surface area contributed by atoms with Crippen molar-refractivity contribution < 1.29 is 4.74 Å². The first-order chi connectivity index (χ1) is 9.22. The third-order valence-electron chi connectivity index (χ3n) is 3.03. The molecular formula is C16H18ClNO. The van der Waals surface area contributed by atoms with Crippen molar-refractivity contribution in [2.45, 2.75) is 19.4 Å². The smallest absolute Gasteiger partial charge is 0.142 e. The second kappa shape index (κ2) is 6.60. The summed E-state index contributed by atoms with van der Waals surface area (Å²) in [6, 6.07) is 15.9. The number of para-hydroxylation sites is 1. The standard InChI is InChI=1S/C16H18ClNO/c1-12(13-6-3-2-4-7-13)19-16-14(10-11-18)8-5-9-15(16)17/h2-9,12H,10-11,18H2,1H3. The first kappa shape index (κ1) is 13.9. The van der Waals surface area contributed by atoms with Gasteiger partial charge in [-0.1, -0.05) is 54.1 Å². The fraction of sp³-hybridized carbons (Fsp3) is 0.250. The minimum absolute atomic E-state index is 0.0439. The average Bonchev–Trinajstić information content (AvgIpc) is 2.44. The van der Waals surface area contributed by atoms with E-state index in [1.165, 1.54) is 0 Å². The Labute approximate surface area is 119 Å². The second-order valence-corrected chi connectivity index (χ2v) is 4.84. The van der Waals surface area contributed by atoms with Gasteiger partial charge in [-0.05, 0) is 37.1 Å². The van der Waals surface area contributed by atoms with E-state index in [1.807, 2.05) is 55.5 Å². The maximum Gasteiger partial charge on any atom is 0.142 e. The zero-order valence-corrected chi connectivity index (χ0v) is 11.7. The molecule has 0 radical (unpaired) electrons. The summed E-state index contributed by atoms with van der Waals surface area (Å²) in [7, 11) is 0. The van der Waals surface area contributed by atoms with Crippen LogP contribution in [0.15, 0.2) is 48.5 Å². The maximum absolute atomic E-state index is 6.23. The molecule has 0 fully saturated rings. The normalized spacial score (nSPS) is 12.2. The summed E-state index contributed by atoms with van der Waals surface area (Å²) >= 11 is 6.23. The number of rotatable bonds is 5. The molecule has 3 heteroatoms. The van der Waals surface area contributed by atoms with Crippen molar-refractivity contribution in [2.24, 2.45) is 5.73 Å². The van der Waals surface area contributed by atoms with E-state index in [9.17, 15) is 0 Å². The monoisotopic (exact) mass is 275 g/mol. The minimum Gasteiger partial charge on any atom is -0.484 e. The molecule has 0 heterocycles. The SMILES string of the molecule is CC(Oc1c(Cl)cccc1CCN)c1ccccc1. The van der Waals surface area contributed by atoms with Gasteiger partial charge in [0.15, 0.2) is 0 Å². The van der Waals surface area contributed by atoms with Crippen LogP contribution in [0.3, 0.4) is 0 Å². The molecule has 1 unspecified atom stereocenters. The highest BCUT2D eigenvalue weighted by molar-refractivity contribution is 6.32. The van der Waals surface area contributed by atoms with Crippen LogP contribution in [0, 0.1) is 0 Å². The Morgan fingerprint density at radius 3 is 2.53 bits per heavy atom. The van der Waals surface area contributed by atoms with Crippen LogP contribution in [0.1, 0.15) is 24.2 Å². The molecule has 0 amide bonds. The molecule has 0 aliphatic carbocycles. The second-order valence-electron chi connectivity index (χ2n) is 4.44. The molecule has 0 bridgehead atoms. The number of hydrogen-bond acceptors (Lipinski definition) is 2. The molecule has 100 valence electrons. The van der Waals surface area contributed by atoms with Crippen molar-refractivity contribution in [2.75, 3.05) is 6.54 Å². The summed E-state index contributed by atoms with van der Waals surface area (Å²) in [5, 5.41) is 0.633. The van der Waals surface area contributed by atoms with Gasteiger partial charge in [0, 0.05) is 0 Å². The molecule has 2 N–H and O–H groups in total. The van der Waals surface area contributed by atoms with Crippen LogP contribution >= 0.6 is 11.6 Å². The van der Waals surface area contributed by atoms with E-state index >= 15 is 0 Å². The van der Waals surface area contributed by atoms with Gasteiger partial charge in [0.05, 0.1) is 5.02 Å². The summed E-state index contributed by atoms with van der Waals surface area (Å²) < 4.78 is 6.03. The maximum atomic E-state index is 6.23.